The Morgan fingerprint density at radius 3 is 2.47 bits per heavy atom. The molecule has 0 amide bonds. The van der Waals surface area contributed by atoms with E-state index in [1.807, 2.05) is 31.2 Å². The maximum atomic E-state index is 13.6. The van der Waals surface area contributed by atoms with Crippen molar-refractivity contribution in [2.45, 2.75) is 23.5 Å². The van der Waals surface area contributed by atoms with Crippen molar-refractivity contribution in [1.82, 2.24) is 0 Å². The summed E-state index contributed by atoms with van der Waals surface area (Å²) in [5.74, 6) is -0.251. The van der Waals surface area contributed by atoms with Gasteiger partial charge in [0, 0.05) is 4.90 Å². The fraction of sp³-hybridized carbons (Fsp3) is 0.188. The standard InChI is InChI=1S/C16H15FOS/c1-12-6-8-14(9-7-12)19-15(11-18)10-13-4-2-3-5-16(13)17/h2-9,11,15H,10H2,1H3. The highest BCUT2D eigenvalue weighted by molar-refractivity contribution is 8.00. The van der Waals surface area contributed by atoms with E-state index in [4.69, 9.17) is 0 Å². The zero-order chi connectivity index (χ0) is 13.7. The molecule has 2 aromatic rings. The Morgan fingerprint density at radius 1 is 1.16 bits per heavy atom. The Morgan fingerprint density at radius 2 is 1.84 bits per heavy atom. The minimum absolute atomic E-state index is 0.251. The van der Waals surface area contributed by atoms with Crippen molar-refractivity contribution >= 4 is 18.0 Å². The number of hydrogen-bond donors (Lipinski definition) is 0. The van der Waals surface area contributed by atoms with E-state index in [1.54, 1.807) is 18.2 Å². The molecule has 0 spiro atoms. The van der Waals surface area contributed by atoms with Crippen LogP contribution >= 0.6 is 11.8 Å². The Hall–Kier alpha value is -1.61. The van der Waals surface area contributed by atoms with Gasteiger partial charge in [0.25, 0.3) is 0 Å². The Labute approximate surface area is 116 Å². The van der Waals surface area contributed by atoms with Crippen molar-refractivity contribution in [2.75, 3.05) is 0 Å². The molecule has 0 aliphatic heterocycles. The number of aryl methyl sites for hydroxylation is 1. The highest BCUT2D eigenvalue weighted by atomic mass is 32.2. The first-order valence-electron chi connectivity index (χ1n) is 6.11. The number of halogens is 1. The summed E-state index contributed by atoms with van der Waals surface area (Å²) in [7, 11) is 0. The molecule has 0 aromatic heterocycles. The van der Waals surface area contributed by atoms with Gasteiger partial charge >= 0.3 is 0 Å². The van der Waals surface area contributed by atoms with Crippen LogP contribution in [0.15, 0.2) is 53.4 Å². The minimum atomic E-state index is -0.264. The van der Waals surface area contributed by atoms with Gasteiger partial charge < -0.3 is 4.79 Å². The third kappa shape index (κ3) is 3.93. The van der Waals surface area contributed by atoms with E-state index in [1.165, 1.54) is 23.4 Å². The van der Waals surface area contributed by atoms with E-state index >= 15 is 0 Å². The van der Waals surface area contributed by atoms with Gasteiger partial charge in [0.05, 0.1) is 5.25 Å². The van der Waals surface area contributed by atoms with Crippen molar-refractivity contribution in [3.63, 3.8) is 0 Å². The molecule has 1 unspecified atom stereocenters. The topological polar surface area (TPSA) is 17.1 Å². The fourth-order valence-corrected chi connectivity index (χ4v) is 2.75. The summed E-state index contributed by atoms with van der Waals surface area (Å²) in [6.07, 6.45) is 1.30. The summed E-state index contributed by atoms with van der Waals surface area (Å²) in [6.45, 7) is 2.02. The van der Waals surface area contributed by atoms with Crippen LogP contribution < -0.4 is 0 Å². The number of hydrogen-bond acceptors (Lipinski definition) is 2. The number of aldehydes is 1. The zero-order valence-electron chi connectivity index (χ0n) is 10.7. The quantitative estimate of drug-likeness (QED) is 0.604. The number of carbonyl (C=O) groups excluding carboxylic acids is 1. The average molecular weight is 274 g/mol. The van der Waals surface area contributed by atoms with E-state index in [0.29, 0.717) is 12.0 Å². The number of rotatable bonds is 5. The Kier molecular flexibility index (Phi) is 4.74. The maximum Gasteiger partial charge on any atom is 0.133 e. The van der Waals surface area contributed by atoms with Crippen molar-refractivity contribution in [1.29, 1.82) is 0 Å². The predicted octanol–water partition coefficient (Wildman–Crippen LogP) is 4.04. The molecule has 0 fully saturated rings. The molecule has 0 N–H and O–H groups in total. The average Bonchev–Trinajstić information content (AvgIpc) is 2.43. The Bertz CT molecular complexity index is 551. The second kappa shape index (κ2) is 6.53. The molecule has 0 saturated carbocycles. The molecule has 0 saturated heterocycles. The van der Waals surface area contributed by atoms with Gasteiger partial charge in [-0.05, 0) is 37.1 Å². The molecular formula is C16H15FOS. The molecule has 2 rings (SSSR count). The first-order valence-corrected chi connectivity index (χ1v) is 6.99. The number of thioether (sulfide) groups is 1. The van der Waals surface area contributed by atoms with Gasteiger partial charge in [-0.25, -0.2) is 4.39 Å². The van der Waals surface area contributed by atoms with Gasteiger partial charge in [-0.1, -0.05) is 35.9 Å². The normalized spacial score (nSPS) is 12.1. The van der Waals surface area contributed by atoms with Crippen molar-refractivity contribution in [3.8, 4) is 0 Å². The monoisotopic (exact) mass is 274 g/mol. The summed E-state index contributed by atoms with van der Waals surface area (Å²) in [6, 6.07) is 14.6. The summed E-state index contributed by atoms with van der Waals surface area (Å²) in [5, 5.41) is -0.264. The van der Waals surface area contributed by atoms with Crippen molar-refractivity contribution < 1.29 is 9.18 Å². The Balaban J connectivity index is 2.07. The molecule has 0 heterocycles. The van der Waals surface area contributed by atoms with E-state index in [-0.39, 0.29) is 11.1 Å². The summed E-state index contributed by atoms with van der Waals surface area (Å²) < 4.78 is 13.6. The summed E-state index contributed by atoms with van der Waals surface area (Å²) >= 11 is 1.47. The van der Waals surface area contributed by atoms with Crippen LogP contribution in [-0.4, -0.2) is 11.5 Å². The van der Waals surface area contributed by atoms with Crippen LogP contribution in [0.25, 0.3) is 0 Å². The van der Waals surface area contributed by atoms with E-state index in [2.05, 4.69) is 0 Å². The van der Waals surface area contributed by atoms with E-state index < -0.39 is 0 Å². The number of benzene rings is 2. The first-order chi connectivity index (χ1) is 9.19. The maximum absolute atomic E-state index is 13.6. The van der Waals surface area contributed by atoms with Crippen LogP contribution in [0, 0.1) is 12.7 Å². The highest BCUT2D eigenvalue weighted by Gasteiger charge is 2.12. The zero-order valence-corrected chi connectivity index (χ0v) is 11.5. The molecule has 1 atom stereocenters. The molecule has 0 aliphatic carbocycles. The second-order valence-electron chi connectivity index (χ2n) is 4.40. The SMILES string of the molecule is Cc1ccc(SC(C=O)Cc2ccccc2F)cc1. The minimum Gasteiger partial charge on any atom is -0.302 e. The van der Waals surface area contributed by atoms with Crippen LogP contribution in [0.1, 0.15) is 11.1 Å². The van der Waals surface area contributed by atoms with Crippen LogP contribution in [0.5, 0.6) is 0 Å². The van der Waals surface area contributed by atoms with Crippen molar-refractivity contribution in [3.05, 3.63) is 65.5 Å². The van der Waals surface area contributed by atoms with Gasteiger partial charge in [-0.15, -0.1) is 11.8 Å². The lowest BCUT2D eigenvalue weighted by Crippen LogP contribution is -2.09. The molecule has 3 heteroatoms. The molecular weight excluding hydrogens is 259 g/mol. The fourth-order valence-electron chi connectivity index (χ4n) is 1.79. The first kappa shape index (κ1) is 13.8. The van der Waals surface area contributed by atoms with E-state index in [9.17, 15) is 9.18 Å². The molecule has 98 valence electrons. The molecule has 1 nitrogen and oxygen atoms in total. The molecule has 0 radical (unpaired) electrons. The second-order valence-corrected chi connectivity index (χ2v) is 5.71. The van der Waals surface area contributed by atoms with Crippen LogP contribution in [0.4, 0.5) is 4.39 Å². The smallest absolute Gasteiger partial charge is 0.133 e. The van der Waals surface area contributed by atoms with Gasteiger partial charge in [-0.3, -0.25) is 0 Å². The van der Waals surface area contributed by atoms with Crippen LogP contribution in [0.2, 0.25) is 0 Å². The largest absolute Gasteiger partial charge is 0.302 e. The lowest BCUT2D eigenvalue weighted by atomic mass is 10.1. The number of carbonyl (C=O) groups is 1. The summed E-state index contributed by atoms with van der Waals surface area (Å²) in [4.78, 5) is 12.2. The predicted molar refractivity (Wildman–Crippen MR) is 77.0 cm³/mol. The third-order valence-corrected chi connectivity index (χ3v) is 3.96. The highest BCUT2D eigenvalue weighted by Crippen LogP contribution is 2.25. The van der Waals surface area contributed by atoms with Crippen molar-refractivity contribution in [2.24, 2.45) is 0 Å². The lowest BCUT2D eigenvalue weighted by Gasteiger charge is -2.11. The van der Waals surface area contributed by atoms with Crippen LogP contribution in [0.3, 0.4) is 0 Å². The lowest BCUT2D eigenvalue weighted by molar-refractivity contribution is -0.107. The molecule has 0 bridgehead atoms. The third-order valence-electron chi connectivity index (χ3n) is 2.84. The molecule has 2 aromatic carbocycles. The van der Waals surface area contributed by atoms with Crippen LogP contribution in [-0.2, 0) is 11.2 Å². The summed E-state index contributed by atoms with van der Waals surface area (Å²) in [5.41, 5.74) is 1.76. The van der Waals surface area contributed by atoms with Gasteiger partial charge in [0.15, 0.2) is 0 Å². The molecule has 19 heavy (non-hydrogen) atoms. The van der Waals surface area contributed by atoms with E-state index in [0.717, 1.165) is 11.2 Å². The molecule has 0 aliphatic rings. The van der Waals surface area contributed by atoms with Gasteiger partial charge in [0.1, 0.15) is 12.1 Å². The van der Waals surface area contributed by atoms with Gasteiger partial charge in [-0.2, -0.15) is 0 Å². The van der Waals surface area contributed by atoms with Gasteiger partial charge in [0.2, 0.25) is 0 Å².